The minimum absolute atomic E-state index is 0.610. The van der Waals surface area contributed by atoms with E-state index in [1.165, 1.54) is 30.9 Å². The van der Waals surface area contributed by atoms with E-state index in [1.54, 1.807) is 0 Å². The number of benzene rings is 7. The molecule has 0 amide bonds. The maximum Gasteiger partial charge on any atom is 0.164 e. The molecule has 0 spiro atoms. The van der Waals surface area contributed by atoms with Gasteiger partial charge in [0.25, 0.3) is 0 Å². The number of aromatic nitrogens is 3. The zero-order valence-electron chi connectivity index (χ0n) is 25.6. The number of nitrogens with zero attached hydrogens (tertiary/aromatic N) is 3. The Kier molecular flexibility index (Phi) is 6.01. The summed E-state index contributed by atoms with van der Waals surface area (Å²) in [5.41, 5.74) is 6.60. The summed E-state index contributed by atoms with van der Waals surface area (Å²) >= 11 is 1.85. The molecule has 48 heavy (non-hydrogen) atoms. The van der Waals surface area contributed by atoms with Crippen LogP contribution in [-0.4, -0.2) is 15.0 Å². The second-order valence-electron chi connectivity index (χ2n) is 12.0. The third kappa shape index (κ3) is 4.33. The van der Waals surface area contributed by atoms with Crippen LogP contribution in [0.4, 0.5) is 0 Å². The molecule has 0 aliphatic carbocycles. The Labute approximate surface area is 279 Å². The molecule has 0 atom stereocenters. The molecule has 10 rings (SSSR count). The fraction of sp³-hybridized carbons (Fsp3) is 0. The molecule has 0 radical (unpaired) electrons. The largest absolute Gasteiger partial charge is 0.455 e. The smallest absolute Gasteiger partial charge is 0.164 e. The highest BCUT2D eigenvalue weighted by atomic mass is 32.1. The highest BCUT2D eigenvalue weighted by Crippen LogP contribution is 2.42. The van der Waals surface area contributed by atoms with Crippen LogP contribution in [0.1, 0.15) is 0 Å². The quantitative estimate of drug-likeness (QED) is 0.194. The molecule has 5 heteroatoms. The maximum atomic E-state index is 6.69. The minimum atomic E-state index is 0.610. The number of furan rings is 1. The Hall–Kier alpha value is -6.17. The van der Waals surface area contributed by atoms with Gasteiger partial charge in [0.2, 0.25) is 0 Å². The Morgan fingerprint density at radius 2 is 1.08 bits per heavy atom. The van der Waals surface area contributed by atoms with Crippen molar-refractivity contribution in [1.82, 2.24) is 15.0 Å². The van der Waals surface area contributed by atoms with Crippen molar-refractivity contribution in [2.45, 2.75) is 0 Å². The van der Waals surface area contributed by atoms with Crippen LogP contribution < -0.4 is 0 Å². The zero-order chi connectivity index (χ0) is 31.6. The molecule has 224 valence electrons. The normalized spacial score (nSPS) is 11.8. The lowest BCUT2D eigenvalue weighted by Gasteiger charge is -2.09. The van der Waals surface area contributed by atoms with Crippen molar-refractivity contribution in [3.05, 3.63) is 152 Å². The highest BCUT2D eigenvalue weighted by molar-refractivity contribution is 7.25. The van der Waals surface area contributed by atoms with E-state index >= 15 is 0 Å². The summed E-state index contributed by atoms with van der Waals surface area (Å²) in [5.74, 6) is 1.88. The van der Waals surface area contributed by atoms with Gasteiger partial charge in [0.15, 0.2) is 17.5 Å². The van der Waals surface area contributed by atoms with Gasteiger partial charge in [-0.2, -0.15) is 0 Å². The van der Waals surface area contributed by atoms with Crippen molar-refractivity contribution in [1.29, 1.82) is 0 Å². The fourth-order valence-electron chi connectivity index (χ4n) is 6.83. The van der Waals surface area contributed by atoms with Gasteiger partial charge in [-0.1, -0.05) is 121 Å². The van der Waals surface area contributed by atoms with E-state index in [4.69, 9.17) is 19.4 Å². The summed E-state index contributed by atoms with van der Waals surface area (Å²) < 4.78 is 9.32. The van der Waals surface area contributed by atoms with Gasteiger partial charge in [-0.25, -0.2) is 15.0 Å². The van der Waals surface area contributed by atoms with E-state index in [1.807, 2.05) is 84.1 Å². The molecule has 3 heterocycles. The lowest BCUT2D eigenvalue weighted by atomic mass is 9.97. The average molecular weight is 632 g/mol. The summed E-state index contributed by atoms with van der Waals surface area (Å²) in [5, 5.41) is 7.07. The van der Waals surface area contributed by atoms with Crippen molar-refractivity contribution in [2.24, 2.45) is 0 Å². The molecular formula is C43H25N3OS. The SMILES string of the molecule is c1ccc(-c2nc(-c3ccccc3)nc(-c3cccc4oc5c(-c6ccc7cc8sc9ccccc9c8cc7c6)cccc5c34)n2)cc1. The lowest BCUT2D eigenvalue weighted by Crippen LogP contribution is -2.00. The van der Waals surface area contributed by atoms with E-state index in [2.05, 4.69) is 78.9 Å². The summed E-state index contributed by atoms with van der Waals surface area (Å²) in [4.78, 5) is 15.0. The van der Waals surface area contributed by atoms with Crippen LogP contribution in [-0.2, 0) is 0 Å². The lowest BCUT2D eigenvalue weighted by molar-refractivity contribution is 0.670. The first-order chi connectivity index (χ1) is 23.8. The highest BCUT2D eigenvalue weighted by Gasteiger charge is 2.19. The molecular weight excluding hydrogens is 607 g/mol. The third-order valence-corrected chi connectivity index (χ3v) is 10.2. The Morgan fingerprint density at radius 3 is 1.88 bits per heavy atom. The molecule has 0 aliphatic rings. The fourth-order valence-corrected chi connectivity index (χ4v) is 7.96. The summed E-state index contributed by atoms with van der Waals surface area (Å²) in [6, 6.07) is 52.7. The molecule has 0 saturated heterocycles. The standard InChI is InChI=1S/C43H25N3OS/c1-3-11-26(12-4-1)41-44-42(27-13-5-2-6-14-27)46-43(45-41)34-18-10-19-36-39(34)33-17-9-16-31(40(33)47-36)29-22-21-28-25-38-35(24-30(28)23-29)32-15-7-8-20-37(32)48-38/h1-25H. The van der Waals surface area contributed by atoms with Gasteiger partial charge in [0.05, 0.1) is 0 Å². The molecule has 4 nitrogen and oxygen atoms in total. The number of hydrogen-bond acceptors (Lipinski definition) is 5. The molecule has 3 aromatic heterocycles. The van der Waals surface area contributed by atoms with Crippen LogP contribution in [0.5, 0.6) is 0 Å². The average Bonchev–Trinajstić information content (AvgIpc) is 3.72. The number of thiophene rings is 1. The predicted octanol–water partition coefficient (Wildman–Crippen LogP) is 12.0. The van der Waals surface area contributed by atoms with Crippen molar-refractivity contribution < 1.29 is 4.42 Å². The molecule has 0 aliphatic heterocycles. The van der Waals surface area contributed by atoms with Crippen LogP contribution >= 0.6 is 11.3 Å². The number of para-hydroxylation sites is 1. The van der Waals surface area contributed by atoms with Gasteiger partial charge < -0.3 is 4.42 Å². The molecule has 0 saturated carbocycles. The van der Waals surface area contributed by atoms with E-state index in [0.29, 0.717) is 17.5 Å². The van der Waals surface area contributed by atoms with Gasteiger partial charge >= 0.3 is 0 Å². The molecule has 0 bridgehead atoms. The second-order valence-corrected chi connectivity index (χ2v) is 13.1. The number of rotatable bonds is 4. The summed E-state index contributed by atoms with van der Waals surface area (Å²) in [6.45, 7) is 0. The number of fused-ring (bicyclic) bond motifs is 7. The molecule has 0 N–H and O–H groups in total. The Balaban J connectivity index is 1.17. The molecule has 0 fully saturated rings. The maximum absolute atomic E-state index is 6.69. The van der Waals surface area contributed by atoms with Crippen molar-refractivity contribution >= 4 is 64.2 Å². The monoisotopic (exact) mass is 631 g/mol. The zero-order valence-corrected chi connectivity index (χ0v) is 26.4. The van der Waals surface area contributed by atoms with Crippen LogP contribution in [0.3, 0.4) is 0 Å². The Morgan fingerprint density at radius 1 is 0.417 bits per heavy atom. The van der Waals surface area contributed by atoms with E-state index in [-0.39, 0.29) is 0 Å². The van der Waals surface area contributed by atoms with Gasteiger partial charge in [-0.3, -0.25) is 0 Å². The first-order valence-corrected chi connectivity index (χ1v) is 16.8. The summed E-state index contributed by atoms with van der Waals surface area (Å²) in [6.07, 6.45) is 0. The van der Waals surface area contributed by atoms with Crippen molar-refractivity contribution in [2.75, 3.05) is 0 Å². The van der Waals surface area contributed by atoms with E-state index in [0.717, 1.165) is 49.8 Å². The summed E-state index contributed by atoms with van der Waals surface area (Å²) in [7, 11) is 0. The predicted molar refractivity (Wildman–Crippen MR) is 199 cm³/mol. The first kappa shape index (κ1) is 27.0. The van der Waals surface area contributed by atoms with Crippen molar-refractivity contribution in [3.63, 3.8) is 0 Å². The Bertz CT molecular complexity index is 2780. The van der Waals surface area contributed by atoms with E-state index in [9.17, 15) is 0 Å². The van der Waals surface area contributed by atoms with Crippen molar-refractivity contribution in [3.8, 4) is 45.3 Å². The molecule has 7 aromatic carbocycles. The van der Waals surface area contributed by atoms with Gasteiger partial charge in [-0.15, -0.1) is 11.3 Å². The molecule has 10 aromatic rings. The second kappa shape index (κ2) is 10.7. The van der Waals surface area contributed by atoms with Crippen LogP contribution in [0, 0.1) is 0 Å². The van der Waals surface area contributed by atoms with E-state index < -0.39 is 0 Å². The topological polar surface area (TPSA) is 51.8 Å². The van der Waals surface area contributed by atoms with Gasteiger partial charge in [0, 0.05) is 53.2 Å². The third-order valence-electron chi connectivity index (χ3n) is 9.11. The first-order valence-electron chi connectivity index (χ1n) is 15.9. The van der Waals surface area contributed by atoms with Crippen LogP contribution in [0.25, 0.3) is 98.2 Å². The minimum Gasteiger partial charge on any atom is -0.455 e. The molecule has 0 unspecified atom stereocenters. The van der Waals surface area contributed by atoms with Gasteiger partial charge in [0.1, 0.15) is 11.2 Å². The number of hydrogen-bond donors (Lipinski definition) is 0. The van der Waals surface area contributed by atoms with Crippen LogP contribution in [0.2, 0.25) is 0 Å². The van der Waals surface area contributed by atoms with Crippen LogP contribution in [0.15, 0.2) is 156 Å². The van der Waals surface area contributed by atoms with Gasteiger partial charge in [-0.05, 0) is 46.7 Å².